The summed E-state index contributed by atoms with van der Waals surface area (Å²) in [5.74, 6) is 0.858. The Labute approximate surface area is 94.5 Å². The lowest BCUT2D eigenvalue weighted by Crippen LogP contribution is -2.44. The molecule has 15 heavy (non-hydrogen) atoms. The standard InChI is InChI=1S/C15H24/c1-5-12-8-6-9-13-14(2,3)10-7-11-15(12,13)4/h5,8,13H,1,6-7,9-11H2,2-4H3/t13-,15+/m1/s1. The summed E-state index contributed by atoms with van der Waals surface area (Å²) in [5.41, 5.74) is 2.46. The van der Waals surface area contributed by atoms with E-state index in [0.29, 0.717) is 10.8 Å². The van der Waals surface area contributed by atoms with Crippen LogP contribution in [-0.2, 0) is 0 Å². The van der Waals surface area contributed by atoms with Crippen LogP contribution < -0.4 is 0 Å². The first-order valence-corrected chi connectivity index (χ1v) is 6.34. The molecule has 0 heteroatoms. The van der Waals surface area contributed by atoms with E-state index in [1.54, 1.807) is 0 Å². The molecule has 0 aromatic rings. The van der Waals surface area contributed by atoms with Crippen molar-refractivity contribution < 1.29 is 0 Å². The zero-order valence-corrected chi connectivity index (χ0v) is 10.5. The Bertz CT molecular complexity index is 295. The van der Waals surface area contributed by atoms with Crippen LogP contribution >= 0.6 is 0 Å². The molecule has 84 valence electrons. The molecule has 0 amide bonds. The second-order valence-corrected chi connectivity index (χ2v) is 6.25. The summed E-state index contributed by atoms with van der Waals surface area (Å²) in [4.78, 5) is 0. The van der Waals surface area contributed by atoms with Crippen LogP contribution in [0.5, 0.6) is 0 Å². The van der Waals surface area contributed by atoms with Gasteiger partial charge in [0.15, 0.2) is 0 Å². The number of hydrogen-bond acceptors (Lipinski definition) is 0. The average Bonchev–Trinajstić information content (AvgIpc) is 2.16. The molecule has 0 N–H and O–H groups in total. The van der Waals surface area contributed by atoms with Crippen LogP contribution in [0.1, 0.15) is 52.9 Å². The Morgan fingerprint density at radius 3 is 2.73 bits per heavy atom. The minimum atomic E-state index is 0.418. The van der Waals surface area contributed by atoms with Crippen LogP contribution in [0.2, 0.25) is 0 Å². The van der Waals surface area contributed by atoms with Crippen molar-refractivity contribution in [1.29, 1.82) is 0 Å². The van der Waals surface area contributed by atoms with Gasteiger partial charge in [-0.15, -0.1) is 0 Å². The molecular formula is C15H24. The minimum absolute atomic E-state index is 0.418. The van der Waals surface area contributed by atoms with E-state index in [1.807, 2.05) is 0 Å². The minimum Gasteiger partial charge on any atom is -0.0988 e. The Kier molecular flexibility index (Phi) is 2.56. The Balaban J connectivity index is 2.39. The van der Waals surface area contributed by atoms with E-state index in [9.17, 15) is 0 Å². The van der Waals surface area contributed by atoms with E-state index in [4.69, 9.17) is 0 Å². The van der Waals surface area contributed by atoms with E-state index in [1.165, 1.54) is 37.7 Å². The maximum absolute atomic E-state index is 4.00. The highest BCUT2D eigenvalue weighted by Gasteiger charge is 2.48. The van der Waals surface area contributed by atoms with Crippen molar-refractivity contribution >= 4 is 0 Å². The van der Waals surface area contributed by atoms with Crippen molar-refractivity contribution in [2.45, 2.75) is 52.9 Å². The van der Waals surface area contributed by atoms with Gasteiger partial charge in [-0.1, -0.05) is 45.9 Å². The van der Waals surface area contributed by atoms with Crippen LogP contribution in [-0.4, -0.2) is 0 Å². The van der Waals surface area contributed by atoms with Gasteiger partial charge in [-0.3, -0.25) is 0 Å². The van der Waals surface area contributed by atoms with Gasteiger partial charge in [-0.2, -0.15) is 0 Å². The first-order chi connectivity index (χ1) is 7.00. The van der Waals surface area contributed by atoms with Crippen molar-refractivity contribution in [3.8, 4) is 0 Å². The van der Waals surface area contributed by atoms with E-state index in [-0.39, 0.29) is 0 Å². The second kappa shape index (κ2) is 3.50. The van der Waals surface area contributed by atoms with Gasteiger partial charge in [-0.25, -0.2) is 0 Å². The highest BCUT2D eigenvalue weighted by molar-refractivity contribution is 5.29. The molecule has 0 unspecified atom stereocenters. The summed E-state index contributed by atoms with van der Waals surface area (Å²) in [6.45, 7) is 11.4. The van der Waals surface area contributed by atoms with Crippen LogP contribution in [0, 0.1) is 16.7 Å². The summed E-state index contributed by atoms with van der Waals surface area (Å²) < 4.78 is 0. The lowest BCUT2D eigenvalue weighted by Gasteiger charge is -2.53. The van der Waals surface area contributed by atoms with Gasteiger partial charge in [0, 0.05) is 0 Å². The maximum Gasteiger partial charge on any atom is -0.00452 e. The molecule has 0 aliphatic heterocycles. The van der Waals surface area contributed by atoms with Gasteiger partial charge in [0.05, 0.1) is 0 Å². The Hall–Kier alpha value is -0.520. The van der Waals surface area contributed by atoms with E-state index >= 15 is 0 Å². The summed E-state index contributed by atoms with van der Waals surface area (Å²) in [6.07, 6.45) is 11.3. The number of fused-ring (bicyclic) bond motifs is 1. The first kappa shape index (κ1) is 11.0. The molecule has 1 saturated carbocycles. The largest absolute Gasteiger partial charge is 0.0988 e. The molecule has 0 nitrogen and oxygen atoms in total. The number of hydrogen-bond donors (Lipinski definition) is 0. The van der Waals surface area contributed by atoms with Gasteiger partial charge in [-0.05, 0) is 48.0 Å². The fourth-order valence-electron chi connectivity index (χ4n) is 4.13. The molecule has 0 aromatic heterocycles. The Morgan fingerprint density at radius 2 is 2.07 bits per heavy atom. The fourth-order valence-corrected chi connectivity index (χ4v) is 4.13. The third-order valence-corrected chi connectivity index (χ3v) is 4.93. The monoisotopic (exact) mass is 204 g/mol. The van der Waals surface area contributed by atoms with Crippen molar-refractivity contribution in [2.24, 2.45) is 16.7 Å². The summed E-state index contributed by atoms with van der Waals surface area (Å²) in [6, 6.07) is 0. The molecule has 0 aromatic carbocycles. The van der Waals surface area contributed by atoms with E-state index in [0.717, 1.165) is 5.92 Å². The third kappa shape index (κ3) is 1.58. The fraction of sp³-hybridized carbons (Fsp3) is 0.733. The number of allylic oxidation sites excluding steroid dienone is 3. The highest BCUT2D eigenvalue weighted by atomic mass is 14.5. The molecule has 0 radical (unpaired) electrons. The molecule has 2 aliphatic rings. The second-order valence-electron chi connectivity index (χ2n) is 6.25. The first-order valence-electron chi connectivity index (χ1n) is 6.34. The SMILES string of the molecule is C=CC1=CCC[C@@H]2C(C)(C)CCC[C@@]12C. The molecule has 0 spiro atoms. The lowest BCUT2D eigenvalue weighted by molar-refractivity contribution is 0.0173. The van der Waals surface area contributed by atoms with Crippen LogP contribution in [0.4, 0.5) is 0 Å². The van der Waals surface area contributed by atoms with Gasteiger partial charge < -0.3 is 0 Å². The third-order valence-electron chi connectivity index (χ3n) is 4.93. The Morgan fingerprint density at radius 1 is 1.33 bits per heavy atom. The van der Waals surface area contributed by atoms with E-state index in [2.05, 4.69) is 39.5 Å². The van der Waals surface area contributed by atoms with Crippen molar-refractivity contribution in [2.75, 3.05) is 0 Å². The predicted octanol–water partition coefficient (Wildman–Crippen LogP) is 4.73. The van der Waals surface area contributed by atoms with Crippen LogP contribution in [0.15, 0.2) is 24.3 Å². The zero-order valence-electron chi connectivity index (χ0n) is 10.5. The molecule has 0 bridgehead atoms. The average molecular weight is 204 g/mol. The zero-order chi connectivity index (χ0) is 11.1. The smallest absolute Gasteiger partial charge is 0.00452 e. The molecule has 0 heterocycles. The van der Waals surface area contributed by atoms with Gasteiger partial charge >= 0.3 is 0 Å². The molecule has 1 fully saturated rings. The predicted molar refractivity (Wildman–Crippen MR) is 66.7 cm³/mol. The molecular weight excluding hydrogens is 180 g/mol. The van der Waals surface area contributed by atoms with Gasteiger partial charge in [0.1, 0.15) is 0 Å². The summed E-state index contributed by atoms with van der Waals surface area (Å²) >= 11 is 0. The van der Waals surface area contributed by atoms with E-state index < -0.39 is 0 Å². The van der Waals surface area contributed by atoms with Crippen molar-refractivity contribution in [1.82, 2.24) is 0 Å². The van der Waals surface area contributed by atoms with Crippen molar-refractivity contribution in [3.63, 3.8) is 0 Å². The van der Waals surface area contributed by atoms with Crippen LogP contribution in [0.3, 0.4) is 0 Å². The summed E-state index contributed by atoms with van der Waals surface area (Å²) in [5, 5.41) is 0. The summed E-state index contributed by atoms with van der Waals surface area (Å²) in [7, 11) is 0. The maximum atomic E-state index is 4.00. The van der Waals surface area contributed by atoms with Gasteiger partial charge in [0.2, 0.25) is 0 Å². The quantitative estimate of drug-likeness (QED) is 0.579. The van der Waals surface area contributed by atoms with Crippen LogP contribution in [0.25, 0.3) is 0 Å². The normalized spacial score (nSPS) is 39.1. The highest BCUT2D eigenvalue weighted by Crippen LogP contribution is 2.58. The molecule has 0 saturated heterocycles. The lowest BCUT2D eigenvalue weighted by atomic mass is 9.51. The molecule has 2 rings (SSSR count). The molecule has 2 aliphatic carbocycles. The van der Waals surface area contributed by atoms with Gasteiger partial charge in [0.25, 0.3) is 0 Å². The van der Waals surface area contributed by atoms with Crippen molar-refractivity contribution in [3.05, 3.63) is 24.3 Å². The molecule has 2 atom stereocenters. The topological polar surface area (TPSA) is 0 Å². The number of rotatable bonds is 1.